The summed E-state index contributed by atoms with van der Waals surface area (Å²) in [6.45, 7) is 5.47. The molecule has 0 aliphatic rings. The Morgan fingerprint density at radius 2 is 1.40 bits per heavy atom. The van der Waals surface area contributed by atoms with E-state index in [0.29, 0.717) is 0 Å². The van der Waals surface area contributed by atoms with Crippen LogP contribution in [0.3, 0.4) is 0 Å². The molecule has 2 rings (SSSR count). The molecule has 0 heterocycles. The van der Waals surface area contributed by atoms with E-state index in [1.54, 1.807) is 0 Å². The van der Waals surface area contributed by atoms with Crippen molar-refractivity contribution in [3.63, 3.8) is 0 Å². The van der Waals surface area contributed by atoms with Gasteiger partial charge in [-0.2, -0.15) is 13.2 Å². The van der Waals surface area contributed by atoms with Gasteiger partial charge in [0.1, 0.15) is 0 Å². The van der Waals surface area contributed by atoms with Gasteiger partial charge in [-0.15, -0.1) is 0 Å². The summed E-state index contributed by atoms with van der Waals surface area (Å²) in [6, 6.07) is 18.4. The summed E-state index contributed by atoms with van der Waals surface area (Å²) in [5, 5.41) is 1.65. The molecule has 0 spiro atoms. The van der Waals surface area contributed by atoms with Crippen LogP contribution in [0.1, 0.15) is 20.8 Å². The second-order valence-corrected chi connectivity index (χ2v) is 14.1. The molecule has 3 N–H and O–H groups in total. The van der Waals surface area contributed by atoms with Crippen molar-refractivity contribution in [2.24, 2.45) is 5.73 Å². The molecule has 0 saturated carbocycles. The molecule has 0 amide bonds. The third-order valence-electron chi connectivity index (χ3n) is 4.77. The summed E-state index contributed by atoms with van der Waals surface area (Å²) in [5.41, 5.74) is 0.550. The maximum atomic E-state index is 12.5. The zero-order valence-electron chi connectivity index (χ0n) is 17.1. The van der Waals surface area contributed by atoms with Crippen molar-refractivity contribution in [3.8, 4) is 0 Å². The van der Waals surface area contributed by atoms with Crippen LogP contribution in [0.4, 0.5) is 13.2 Å². The number of rotatable bonds is 8. The minimum absolute atomic E-state index is 0.104. The van der Waals surface area contributed by atoms with Crippen LogP contribution >= 0.6 is 0 Å². The second-order valence-electron chi connectivity index (χ2n) is 8.03. The molecular weight excluding hydrogens is 433 g/mol. The average Bonchev–Trinajstić information content (AvgIpc) is 2.66. The standard InChI is InChI=1S/C20H27F3N2O3SSi/c1-19(2,3)30(17-10-6-4-7-11-17,18-12-8-5-9-13-18)28-15-16(24)14-25-29(26,27)20(21,22)23/h4-13,16,25H,14-15,24H2,1-3H3/t16-/m1/s1. The first-order chi connectivity index (χ1) is 13.8. The quantitative estimate of drug-likeness (QED) is 0.593. The SMILES string of the molecule is CC(C)(C)[Si](OC[C@H](N)CNS(=O)(=O)C(F)(F)F)(c1ccccc1)c1ccccc1. The van der Waals surface area contributed by atoms with E-state index in [1.165, 1.54) is 4.72 Å². The maximum Gasteiger partial charge on any atom is 0.511 e. The fourth-order valence-electron chi connectivity index (χ4n) is 3.35. The van der Waals surface area contributed by atoms with Crippen LogP contribution in [0.2, 0.25) is 5.04 Å². The van der Waals surface area contributed by atoms with Crippen LogP contribution in [0.15, 0.2) is 60.7 Å². The number of benzene rings is 2. The highest BCUT2D eigenvalue weighted by Crippen LogP contribution is 2.36. The van der Waals surface area contributed by atoms with Gasteiger partial charge in [0.2, 0.25) is 0 Å². The van der Waals surface area contributed by atoms with E-state index in [-0.39, 0.29) is 11.6 Å². The molecule has 1 atom stereocenters. The van der Waals surface area contributed by atoms with Crippen molar-refractivity contribution < 1.29 is 26.0 Å². The topological polar surface area (TPSA) is 81.4 Å². The van der Waals surface area contributed by atoms with E-state index >= 15 is 0 Å². The summed E-state index contributed by atoms with van der Waals surface area (Å²) < 4.78 is 68.1. The smallest absolute Gasteiger partial charge is 0.406 e. The van der Waals surface area contributed by atoms with Gasteiger partial charge in [-0.1, -0.05) is 81.4 Å². The van der Waals surface area contributed by atoms with Gasteiger partial charge in [0.05, 0.1) is 6.61 Å². The fourth-order valence-corrected chi connectivity index (χ4v) is 8.57. The average molecular weight is 461 g/mol. The lowest BCUT2D eigenvalue weighted by molar-refractivity contribution is -0.0448. The van der Waals surface area contributed by atoms with Crippen molar-refractivity contribution >= 4 is 28.7 Å². The molecule has 0 aliphatic heterocycles. The first kappa shape index (κ1) is 24.5. The van der Waals surface area contributed by atoms with E-state index in [4.69, 9.17) is 10.2 Å². The zero-order chi connectivity index (χ0) is 22.6. The molecule has 0 radical (unpaired) electrons. The van der Waals surface area contributed by atoms with Crippen molar-refractivity contribution in [3.05, 3.63) is 60.7 Å². The molecule has 5 nitrogen and oxygen atoms in total. The summed E-state index contributed by atoms with van der Waals surface area (Å²) >= 11 is 0. The first-order valence-electron chi connectivity index (χ1n) is 9.38. The Labute approximate surface area is 176 Å². The molecule has 0 saturated heterocycles. The first-order valence-corrected chi connectivity index (χ1v) is 12.8. The normalized spacial score (nSPS) is 14.5. The van der Waals surface area contributed by atoms with Gasteiger partial charge in [-0.05, 0) is 15.4 Å². The Morgan fingerprint density at radius 3 is 1.77 bits per heavy atom. The predicted molar refractivity (Wildman–Crippen MR) is 115 cm³/mol. The lowest BCUT2D eigenvalue weighted by Crippen LogP contribution is -2.67. The van der Waals surface area contributed by atoms with Crippen molar-refractivity contribution in [2.45, 2.75) is 37.4 Å². The molecule has 0 aliphatic carbocycles. The second kappa shape index (κ2) is 9.19. The van der Waals surface area contributed by atoms with Crippen LogP contribution in [0, 0.1) is 0 Å². The minimum Gasteiger partial charge on any atom is -0.406 e. The highest BCUT2D eigenvalue weighted by Gasteiger charge is 2.50. The van der Waals surface area contributed by atoms with Crippen molar-refractivity contribution in [1.29, 1.82) is 0 Å². The Balaban J connectivity index is 2.33. The Hall–Kier alpha value is -1.72. The Bertz CT molecular complexity index is 878. The highest BCUT2D eigenvalue weighted by atomic mass is 32.2. The van der Waals surface area contributed by atoms with E-state index < -0.39 is 36.4 Å². The maximum absolute atomic E-state index is 12.5. The number of halogens is 3. The molecule has 10 heteroatoms. The van der Waals surface area contributed by atoms with E-state index in [9.17, 15) is 21.6 Å². The molecule has 0 bridgehead atoms. The summed E-state index contributed by atoms with van der Waals surface area (Å²) in [5.74, 6) is 0. The summed E-state index contributed by atoms with van der Waals surface area (Å²) in [6.07, 6.45) is 0. The molecule has 30 heavy (non-hydrogen) atoms. The number of hydrogen-bond acceptors (Lipinski definition) is 4. The summed E-state index contributed by atoms with van der Waals surface area (Å²) in [7, 11) is -8.36. The lowest BCUT2D eigenvalue weighted by atomic mass is 10.2. The van der Waals surface area contributed by atoms with Gasteiger partial charge in [0.15, 0.2) is 0 Å². The van der Waals surface area contributed by atoms with Crippen molar-refractivity contribution in [2.75, 3.05) is 13.2 Å². The van der Waals surface area contributed by atoms with Crippen molar-refractivity contribution in [1.82, 2.24) is 4.72 Å². The number of alkyl halides is 3. The third kappa shape index (κ3) is 5.30. The lowest BCUT2D eigenvalue weighted by Gasteiger charge is -2.43. The third-order valence-corrected chi connectivity index (χ3v) is 10.9. The van der Waals surface area contributed by atoms with Crippen LogP contribution in [0.5, 0.6) is 0 Å². The molecular formula is C20H27F3N2O3SSi. The van der Waals surface area contributed by atoms with Gasteiger partial charge in [-0.3, -0.25) is 0 Å². The van der Waals surface area contributed by atoms with E-state index in [0.717, 1.165) is 10.4 Å². The summed E-state index contributed by atoms with van der Waals surface area (Å²) in [4.78, 5) is 0. The Morgan fingerprint density at radius 1 is 0.967 bits per heavy atom. The van der Waals surface area contributed by atoms with Crippen LogP contribution in [-0.2, 0) is 14.4 Å². The minimum atomic E-state index is -5.45. The van der Waals surface area contributed by atoms with Gasteiger partial charge in [0, 0.05) is 12.6 Å². The molecule has 2 aromatic rings. The molecule has 166 valence electrons. The molecule has 0 aromatic heterocycles. The number of nitrogens with two attached hydrogens (primary N) is 1. The van der Waals surface area contributed by atoms with Gasteiger partial charge in [-0.25, -0.2) is 13.1 Å². The number of hydrogen-bond donors (Lipinski definition) is 2. The van der Waals surface area contributed by atoms with Gasteiger partial charge >= 0.3 is 15.5 Å². The highest BCUT2D eigenvalue weighted by molar-refractivity contribution is 7.90. The van der Waals surface area contributed by atoms with E-state index in [2.05, 4.69) is 20.8 Å². The predicted octanol–water partition coefficient (Wildman–Crippen LogP) is 2.33. The zero-order valence-corrected chi connectivity index (χ0v) is 18.9. The van der Waals surface area contributed by atoms with Crippen LogP contribution < -0.4 is 20.8 Å². The van der Waals surface area contributed by atoms with Crippen LogP contribution in [0.25, 0.3) is 0 Å². The number of nitrogens with one attached hydrogen (secondary N) is 1. The molecule has 0 unspecified atom stereocenters. The molecule has 2 aromatic carbocycles. The monoisotopic (exact) mass is 460 g/mol. The molecule has 0 fully saturated rings. The van der Waals surface area contributed by atoms with E-state index in [1.807, 2.05) is 60.7 Å². The van der Waals surface area contributed by atoms with Gasteiger partial charge < -0.3 is 10.2 Å². The largest absolute Gasteiger partial charge is 0.511 e. The number of sulfonamides is 1. The van der Waals surface area contributed by atoms with Crippen LogP contribution in [-0.4, -0.2) is 41.4 Å². The Kier molecular flexibility index (Phi) is 7.52. The fraction of sp³-hybridized carbons (Fsp3) is 0.400. The van der Waals surface area contributed by atoms with Gasteiger partial charge in [0.25, 0.3) is 8.32 Å².